The zero-order valence-corrected chi connectivity index (χ0v) is 9.32. The molecule has 1 rings (SSSR count). The average molecular weight is 242 g/mol. The third kappa shape index (κ3) is 4.49. The van der Waals surface area contributed by atoms with Crippen molar-refractivity contribution in [3.63, 3.8) is 0 Å². The molecule has 94 valence electrons. The fraction of sp³-hybridized carbons (Fsp3) is 0.556. The number of aromatic nitrogens is 3. The topological polar surface area (TPSA) is 128 Å². The molecule has 0 aromatic carbocycles. The van der Waals surface area contributed by atoms with Crippen LogP contribution in [0.5, 0.6) is 0 Å². The average Bonchev–Trinajstić information content (AvgIpc) is 2.21. The van der Waals surface area contributed by atoms with Crippen molar-refractivity contribution in [3.8, 4) is 0 Å². The van der Waals surface area contributed by atoms with Crippen LogP contribution in [0.2, 0.25) is 0 Å². The molecule has 0 saturated carbocycles. The third-order valence-electron chi connectivity index (χ3n) is 2.12. The second kappa shape index (κ2) is 5.83. The summed E-state index contributed by atoms with van der Waals surface area (Å²) in [5.41, 5.74) is -1.27. The number of rotatable bonds is 6. The number of anilines is 1. The number of carbonyl (C=O) groups is 1. The Kier molecular flexibility index (Phi) is 4.44. The number of hydrogen-bond donors (Lipinski definition) is 4. The second-order valence-corrected chi connectivity index (χ2v) is 3.69. The Balaban J connectivity index is 2.50. The van der Waals surface area contributed by atoms with E-state index < -0.39 is 17.2 Å². The number of hydrogen-bond acceptors (Lipinski definition) is 5. The number of H-pyrrole nitrogens is 2. The Morgan fingerprint density at radius 1 is 1.53 bits per heavy atom. The van der Waals surface area contributed by atoms with Crippen molar-refractivity contribution in [2.75, 3.05) is 5.32 Å². The summed E-state index contributed by atoms with van der Waals surface area (Å²) in [4.78, 5) is 34.3. The Hall–Kier alpha value is -2.12. The molecule has 1 aromatic heterocycles. The predicted molar refractivity (Wildman–Crippen MR) is 60.0 cm³/mol. The van der Waals surface area contributed by atoms with Crippen molar-refractivity contribution in [2.24, 2.45) is 0 Å². The molecule has 0 fully saturated rings. The van der Waals surface area contributed by atoms with Crippen LogP contribution in [0.1, 0.15) is 26.2 Å². The van der Waals surface area contributed by atoms with E-state index in [1.165, 1.54) is 0 Å². The van der Waals surface area contributed by atoms with Crippen LogP contribution in [0.25, 0.3) is 0 Å². The minimum atomic E-state index is -0.850. The fourth-order valence-electron chi connectivity index (χ4n) is 1.31. The first-order valence-electron chi connectivity index (χ1n) is 5.16. The molecule has 1 heterocycles. The van der Waals surface area contributed by atoms with Crippen molar-refractivity contribution >= 4 is 11.8 Å². The van der Waals surface area contributed by atoms with Gasteiger partial charge in [-0.25, -0.2) is 9.89 Å². The molecule has 1 aromatic rings. The van der Waals surface area contributed by atoms with Gasteiger partial charge in [0.05, 0.1) is 0 Å². The molecular formula is C9H14N4O4. The lowest BCUT2D eigenvalue weighted by atomic mass is 10.1. The van der Waals surface area contributed by atoms with Gasteiger partial charge in [-0.1, -0.05) is 0 Å². The van der Waals surface area contributed by atoms with Gasteiger partial charge in [0.2, 0.25) is 5.82 Å². The number of carboxylic acids is 1. The zero-order chi connectivity index (χ0) is 12.8. The molecule has 4 N–H and O–H groups in total. The molecule has 0 saturated heterocycles. The third-order valence-corrected chi connectivity index (χ3v) is 2.12. The largest absolute Gasteiger partial charge is 0.481 e. The predicted octanol–water partition coefficient (Wildman–Crippen LogP) is -0.486. The maximum atomic E-state index is 11.3. The number of aliphatic carboxylic acids is 1. The summed E-state index contributed by atoms with van der Waals surface area (Å²) < 4.78 is 0. The van der Waals surface area contributed by atoms with E-state index in [9.17, 15) is 14.4 Å². The van der Waals surface area contributed by atoms with Gasteiger partial charge in [-0.05, 0) is 19.8 Å². The summed E-state index contributed by atoms with van der Waals surface area (Å²) >= 11 is 0. The fourth-order valence-corrected chi connectivity index (χ4v) is 1.31. The summed E-state index contributed by atoms with van der Waals surface area (Å²) in [6, 6.07) is -0.103. The molecule has 0 aliphatic carbocycles. The van der Waals surface area contributed by atoms with Gasteiger partial charge < -0.3 is 10.4 Å². The van der Waals surface area contributed by atoms with Crippen molar-refractivity contribution in [1.82, 2.24) is 15.2 Å². The summed E-state index contributed by atoms with van der Waals surface area (Å²) in [7, 11) is 0. The molecule has 0 aliphatic heterocycles. The van der Waals surface area contributed by atoms with E-state index >= 15 is 0 Å². The second-order valence-electron chi connectivity index (χ2n) is 3.69. The minimum Gasteiger partial charge on any atom is -0.481 e. The van der Waals surface area contributed by atoms with Crippen molar-refractivity contribution in [2.45, 2.75) is 32.2 Å². The first kappa shape index (κ1) is 12.9. The molecule has 0 aliphatic rings. The molecule has 17 heavy (non-hydrogen) atoms. The first-order valence-corrected chi connectivity index (χ1v) is 5.16. The van der Waals surface area contributed by atoms with Crippen LogP contribution in [0, 0.1) is 0 Å². The quantitative estimate of drug-likeness (QED) is 0.533. The molecule has 1 unspecified atom stereocenters. The summed E-state index contributed by atoms with van der Waals surface area (Å²) in [6.45, 7) is 1.80. The van der Waals surface area contributed by atoms with Gasteiger partial charge in [0, 0.05) is 12.5 Å². The van der Waals surface area contributed by atoms with Crippen LogP contribution in [0.4, 0.5) is 5.82 Å². The molecule has 1 atom stereocenters. The van der Waals surface area contributed by atoms with Crippen LogP contribution < -0.4 is 16.6 Å². The van der Waals surface area contributed by atoms with Crippen LogP contribution >= 0.6 is 0 Å². The first-order chi connectivity index (χ1) is 7.99. The van der Waals surface area contributed by atoms with Gasteiger partial charge in [0.1, 0.15) is 0 Å². The monoisotopic (exact) mass is 242 g/mol. The molecular weight excluding hydrogens is 228 g/mol. The molecule has 0 amide bonds. The Morgan fingerprint density at radius 3 is 2.82 bits per heavy atom. The lowest BCUT2D eigenvalue weighted by molar-refractivity contribution is -0.137. The Bertz CT molecular complexity index is 492. The van der Waals surface area contributed by atoms with E-state index in [1.807, 2.05) is 4.98 Å². The maximum Gasteiger partial charge on any atom is 0.342 e. The normalized spacial score (nSPS) is 12.1. The zero-order valence-electron chi connectivity index (χ0n) is 9.32. The van der Waals surface area contributed by atoms with E-state index in [0.717, 1.165) is 0 Å². The van der Waals surface area contributed by atoms with Crippen LogP contribution in [-0.2, 0) is 4.79 Å². The highest BCUT2D eigenvalue weighted by Gasteiger charge is 2.07. The summed E-state index contributed by atoms with van der Waals surface area (Å²) in [5, 5.41) is 16.9. The van der Waals surface area contributed by atoms with Crippen molar-refractivity contribution in [3.05, 3.63) is 20.8 Å². The molecule has 0 radical (unpaired) electrons. The van der Waals surface area contributed by atoms with Gasteiger partial charge in [0.15, 0.2) is 0 Å². The van der Waals surface area contributed by atoms with E-state index in [4.69, 9.17) is 5.11 Å². The minimum absolute atomic E-state index is 0.0208. The highest BCUT2D eigenvalue weighted by atomic mass is 16.4. The molecule has 0 spiro atoms. The molecule has 8 heteroatoms. The van der Waals surface area contributed by atoms with Gasteiger partial charge in [-0.2, -0.15) is 0 Å². The lowest BCUT2D eigenvalue weighted by Gasteiger charge is -2.12. The lowest BCUT2D eigenvalue weighted by Crippen LogP contribution is -2.29. The standard InChI is InChI=1S/C9H14N4O4/c1-5(3-2-4-6(14)15)10-7-8(16)11-9(17)13-12-7/h5H,2-4H2,1H3,(H,10,12)(H,14,15)(H2,11,13,16,17). The smallest absolute Gasteiger partial charge is 0.342 e. The van der Waals surface area contributed by atoms with Crippen LogP contribution in [0.15, 0.2) is 9.59 Å². The van der Waals surface area contributed by atoms with Gasteiger partial charge in [0.25, 0.3) is 5.56 Å². The summed E-state index contributed by atoms with van der Waals surface area (Å²) in [6.07, 6.45) is 1.18. The Labute approximate surface area is 96.1 Å². The van der Waals surface area contributed by atoms with Gasteiger partial charge in [-0.15, -0.1) is 5.10 Å². The Morgan fingerprint density at radius 2 is 2.24 bits per heavy atom. The number of carboxylic acid groups (broad SMARTS) is 1. The van der Waals surface area contributed by atoms with E-state index in [1.54, 1.807) is 6.92 Å². The van der Waals surface area contributed by atoms with E-state index in [0.29, 0.717) is 12.8 Å². The maximum absolute atomic E-state index is 11.3. The van der Waals surface area contributed by atoms with Crippen LogP contribution in [-0.4, -0.2) is 32.3 Å². The number of aromatic amines is 2. The SMILES string of the molecule is CC(CCCC(=O)O)Nc1n[nH]c(=O)[nH]c1=O. The highest BCUT2D eigenvalue weighted by Crippen LogP contribution is 2.04. The summed E-state index contributed by atoms with van der Waals surface area (Å²) in [5.74, 6) is -0.829. The molecule has 8 nitrogen and oxygen atoms in total. The van der Waals surface area contributed by atoms with Crippen molar-refractivity contribution in [1.29, 1.82) is 0 Å². The molecule has 0 bridgehead atoms. The number of nitrogens with zero attached hydrogens (tertiary/aromatic N) is 1. The van der Waals surface area contributed by atoms with Gasteiger partial charge >= 0.3 is 11.7 Å². The number of nitrogens with one attached hydrogen (secondary N) is 3. The van der Waals surface area contributed by atoms with E-state index in [2.05, 4.69) is 15.5 Å². The van der Waals surface area contributed by atoms with Crippen LogP contribution in [0.3, 0.4) is 0 Å². The highest BCUT2D eigenvalue weighted by molar-refractivity contribution is 5.66. The van der Waals surface area contributed by atoms with Crippen molar-refractivity contribution < 1.29 is 9.90 Å². The van der Waals surface area contributed by atoms with Gasteiger partial charge in [-0.3, -0.25) is 14.6 Å². The van der Waals surface area contributed by atoms with E-state index in [-0.39, 0.29) is 18.3 Å².